The number of likely N-dealkylation sites (tertiary alicyclic amines) is 1. The fraction of sp³-hybridized carbons (Fsp3) is 0.471. The van der Waals surface area contributed by atoms with Crippen LogP contribution in [0.1, 0.15) is 28.9 Å². The number of carbonyl (C=O) groups excluding carboxylic acids is 2. The molecular formula is C17H22N4O2S. The molecule has 1 N–H and O–H groups in total. The van der Waals surface area contributed by atoms with Gasteiger partial charge in [0.15, 0.2) is 0 Å². The molecular weight excluding hydrogens is 324 g/mol. The first kappa shape index (κ1) is 16.7. The number of amides is 2. The maximum Gasteiger partial charge on any atom is 0.263 e. The summed E-state index contributed by atoms with van der Waals surface area (Å²) >= 11 is 1.45. The van der Waals surface area contributed by atoms with Crippen molar-refractivity contribution in [1.29, 1.82) is 0 Å². The molecule has 1 fully saturated rings. The third kappa shape index (κ3) is 4.23. The van der Waals surface area contributed by atoms with Gasteiger partial charge in [-0.15, -0.1) is 11.3 Å². The third-order valence-electron chi connectivity index (χ3n) is 4.26. The Morgan fingerprint density at radius 3 is 3.08 bits per heavy atom. The molecule has 3 heterocycles. The lowest BCUT2D eigenvalue weighted by Crippen LogP contribution is -2.45. The monoisotopic (exact) mass is 346 g/mol. The van der Waals surface area contributed by atoms with Gasteiger partial charge in [-0.25, -0.2) is 4.98 Å². The molecule has 1 aliphatic rings. The summed E-state index contributed by atoms with van der Waals surface area (Å²) in [6.45, 7) is 2.74. The highest BCUT2D eigenvalue weighted by atomic mass is 32.1. The van der Waals surface area contributed by atoms with Crippen LogP contribution in [0.25, 0.3) is 0 Å². The number of imidazole rings is 1. The number of carbonyl (C=O) groups is 2. The molecule has 1 atom stereocenters. The van der Waals surface area contributed by atoms with Gasteiger partial charge in [0.05, 0.1) is 17.1 Å². The number of rotatable bonds is 6. The van der Waals surface area contributed by atoms with E-state index >= 15 is 0 Å². The summed E-state index contributed by atoms with van der Waals surface area (Å²) in [6, 6.07) is 3.72. The molecule has 6 nitrogen and oxygen atoms in total. The number of aryl methyl sites for hydroxylation is 1. The topological polar surface area (TPSA) is 67.2 Å². The Kier molecular flexibility index (Phi) is 5.63. The summed E-state index contributed by atoms with van der Waals surface area (Å²) in [5, 5.41) is 4.91. The highest BCUT2D eigenvalue weighted by Gasteiger charge is 2.28. The normalized spacial score (nSPS) is 17.7. The molecule has 1 saturated heterocycles. The fourth-order valence-electron chi connectivity index (χ4n) is 2.97. The van der Waals surface area contributed by atoms with E-state index in [-0.39, 0.29) is 17.7 Å². The predicted molar refractivity (Wildman–Crippen MR) is 92.8 cm³/mol. The van der Waals surface area contributed by atoms with Gasteiger partial charge in [0.25, 0.3) is 5.91 Å². The summed E-state index contributed by atoms with van der Waals surface area (Å²) in [7, 11) is 0. The van der Waals surface area contributed by atoms with Crippen molar-refractivity contribution < 1.29 is 9.59 Å². The molecule has 2 aromatic heterocycles. The highest BCUT2D eigenvalue weighted by molar-refractivity contribution is 7.12. The first-order chi connectivity index (χ1) is 11.7. The van der Waals surface area contributed by atoms with E-state index in [0.29, 0.717) is 13.1 Å². The van der Waals surface area contributed by atoms with Gasteiger partial charge in [0.1, 0.15) is 0 Å². The standard InChI is InChI=1S/C17H22N4O2S/c22-16(19-6-3-8-20-10-7-18-13-20)14-4-1-9-21(12-14)17(23)15-5-2-11-24-15/h2,5,7,10-11,13-14H,1,3-4,6,8-9,12H2,(H,19,22). The highest BCUT2D eigenvalue weighted by Crippen LogP contribution is 2.20. The van der Waals surface area contributed by atoms with Crippen LogP contribution in [0.15, 0.2) is 36.2 Å². The molecule has 1 aliphatic heterocycles. The maximum atomic E-state index is 12.4. The molecule has 0 saturated carbocycles. The molecule has 2 aromatic rings. The minimum atomic E-state index is -0.101. The fourth-order valence-corrected chi connectivity index (χ4v) is 3.66. The second kappa shape index (κ2) is 8.10. The van der Waals surface area contributed by atoms with Crippen molar-refractivity contribution in [3.05, 3.63) is 41.1 Å². The van der Waals surface area contributed by atoms with Crippen molar-refractivity contribution >= 4 is 23.2 Å². The molecule has 2 amide bonds. The number of nitrogens with one attached hydrogen (secondary N) is 1. The van der Waals surface area contributed by atoms with E-state index in [0.717, 1.165) is 37.2 Å². The zero-order chi connectivity index (χ0) is 16.8. The van der Waals surface area contributed by atoms with Gasteiger partial charge in [-0.2, -0.15) is 0 Å². The number of aromatic nitrogens is 2. The Bertz CT molecular complexity index is 654. The SMILES string of the molecule is O=C(NCCCn1ccnc1)C1CCCN(C(=O)c2cccs2)C1. The molecule has 1 unspecified atom stereocenters. The zero-order valence-electron chi connectivity index (χ0n) is 13.6. The van der Waals surface area contributed by atoms with Crippen molar-refractivity contribution in [3.63, 3.8) is 0 Å². The van der Waals surface area contributed by atoms with Crippen LogP contribution in [0, 0.1) is 5.92 Å². The van der Waals surface area contributed by atoms with Crippen LogP contribution in [-0.2, 0) is 11.3 Å². The Balaban J connectivity index is 1.43. The van der Waals surface area contributed by atoms with E-state index < -0.39 is 0 Å². The summed E-state index contributed by atoms with van der Waals surface area (Å²) in [5.74, 6) is 0.00262. The molecule has 128 valence electrons. The van der Waals surface area contributed by atoms with Crippen molar-refractivity contribution in [2.75, 3.05) is 19.6 Å². The van der Waals surface area contributed by atoms with Crippen LogP contribution in [-0.4, -0.2) is 45.9 Å². The van der Waals surface area contributed by atoms with Gasteiger partial charge in [0, 0.05) is 38.6 Å². The average molecular weight is 346 g/mol. The smallest absolute Gasteiger partial charge is 0.263 e. The summed E-state index contributed by atoms with van der Waals surface area (Å²) in [4.78, 5) is 31.3. The Labute approximate surface area is 145 Å². The lowest BCUT2D eigenvalue weighted by molar-refractivity contribution is -0.126. The Hall–Kier alpha value is -2.15. The molecule has 0 aliphatic carbocycles. The number of hydrogen-bond donors (Lipinski definition) is 1. The minimum absolute atomic E-state index is 0.0441. The second-order valence-corrected chi connectivity index (χ2v) is 6.96. The van der Waals surface area contributed by atoms with Gasteiger partial charge in [0.2, 0.25) is 5.91 Å². The van der Waals surface area contributed by atoms with Crippen LogP contribution in [0.5, 0.6) is 0 Å². The molecule has 0 spiro atoms. The van der Waals surface area contributed by atoms with E-state index in [9.17, 15) is 9.59 Å². The largest absolute Gasteiger partial charge is 0.356 e. The van der Waals surface area contributed by atoms with E-state index in [1.165, 1.54) is 11.3 Å². The van der Waals surface area contributed by atoms with Crippen LogP contribution in [0.2, 0.25) is 0 Å². The van der Waals surface area contributed by atoms with Crippen molar-refractivity contribution in [2.24, 2.45) is 5.92 Å². The van der Waals surface area contributed by atoms with Gasteiger partial charge in [-0.1, -0.05) is 6.07 Å². The number of thiophene rings is 1. The predicted octanol–water partition coefficient (Wildman–Crippen LogP) is 2.00. The molecule has 7 heteroatoms. The second-order valence-electron chi connectivity index (χ2n) is 6.01. The maximum absolute atomic E-state index is 12.4. The Morgan fingerprint density at radius 2 is 2.33 bits per heavy atom. The molecule has 3 rings (SSSR count). The van der Waals surface area contributed by atoms with E-state index in [1.807, 2.05) is 33.2 Å². The summed E-state index contributed by atoms with van der Waals surface area (Å²) in [6.07, 6.45) is 8.03. The number of nitrogens with zero attached hydrogens (tertiary/aromatic N) is 3. The zero-order valence-corrected chi connectivity index (χ0v) is 14.4. The number of hydrogen-bond acceptors (Lipinski definition) is 4. The minimum Gasteiger partial charge on any atom is -0.356 e. The van der Waals surface area contributed by atoms with Crippen molar-refractivity contribution in [2.45, 2.75) is 25.8 Å². The van der Waals surface area contributed by atoms with Gasteiger partial charge >= 0.3 is 0 Å². The first-order valence-electron chi connectivity index (χ1n) is 8.30. The summed E-state index contributed by atoms with van der Waals surface area (Å²) in [5.41, 5.74) is 0. The van der Waals surface area contributed by atoms with Crippen LogP contribution in [0.3, 0.4) is 0 Å². The molecule has 0 radical (unpaired) electrons. The summed E-state index contributed by atoms with van der Waals surface area (Å²) < 4.78 is 1.99. The van der Waals surface area contributed by atoms with Crippen LogP contribution in [0.4, 0.5) is 0 Å². The first-order valence-corrected chi connectivity index (χ1v) is 9.18. The van der Waals surface area contributed by atoms with Gasteiger partial charge in [-0.05, 0) is 30.7 Å². The van der Waals surface area contributed by atoms with Gasteiger partial charge in [-0.3, -0.25) is 9.59 Å². The average Bonchev–Trinajstić information content (AvgIpc) is 3.31. The van der Waals surface area contributed by atoms with E-state index in [4.69, 9.17) is 0 Å². The van der Waals surface area contributed by atoms with E-state index in [1.54, 1.807) is 12.5 Å². The molecule has 0 bridgehead atoms. The quantitative estimate of drug-likeness (QED) is 0.814. The van der Waals surface area contributed by atoms with Crippen molar-refractivity contribution in [3.8, 4) is 0 Å². The lowest BCUT2D eigenvalue weighted by Gasteiger charge is -2.31. The molecule has 24 heavy (non-hydrogen) atoms. The Morgan fingerprint density at radius 1 is 1.42 bits per heavy atom. The van der Waals surface area contributed by atoms with Gasteiger partial charge < -0.3 is 14.8 Å². The van der Waals surface area contributed by atoms with E-state index in [2.05, 4.69) is 10.3 Å². The lowest BCUT2D eigenvalue weighted by atomic mass is 9.97. The number of piperidine rings is 1. The van der Waals surface area contributed by atoms with Crippen LogP contribution < -0.4 is 5.32 Å². The molecule has 0 aromatic carbocycles. The van der Waals surface area contributed by atoms with Crippen molar-refractivity contribution in [1.82, 2.24) is 19.8 Å². The third-order valence-corrected chi connectivity index (χ3v) is 5.12. The van der Waals surface area contributed by atoms with Crippen LogP contribution >= 0.6 is 11.3 Å².